The molecule has 0 aliphatic carbocycles. The van der Waals surface area contributed by atoms with Crippen molar-refractivity contribution < 1.29 is 0 Å². The van der Waals surface area contributed by atoms with Gasteiger partial charge in [0.05, 0.1) is 24.4 Å². The Morgan fingerprint density at radius 1 is 0.714 bits per heavy atom. The van der Waals surface area contributed by atoms with E-state index in [9.17, 15) is 0 Å². The molecule has 0 aliphatic heterocycles. The van der Waals surface area contributed by atoms with Crippen molar-refractivity contribution in [2.45, 2.75) is 13.3 Å². The van der Waals surface area contributed by atoms with E-state index in [1.165, 1.54) is 0 Å². The van der Waals surface area contributed by atoms with E-state index in [0.717, 1.165) is 22.1 Å². The van der Waals surface area contributed by atoms with E-state index in [-0.39, 0.29) is 0 Å². The highest BCUT2D eigenvalue weighted by Crippen LogP contribution is 2.10. The van der Waals surface area contributed by atoms with E-state index < -0.39 is 0 Å². The minimum absolute atomic E-state index is 0.564. The zero-order valence-corrected chi connectivity index (χ0v) is 11.2. The first-order valence-corrected chi connectivity index (χ1v) is 6.69. The smallest absolute Gasteiger partial charge is 0.113 e. The lowest BCUT2D eigenvalue weighted by Gasteiger charge is -2.06. The standard InChI is InChI=1S/C14H13N7/c1-3-7-13-11(5-1)16-18-20(13)9-15-10-21-14-8-4-2-6-12(14)17-19-21/h1-8,15H,9-10H2. The summed E-state index contributed by atoms with van der Waals surface area (Å²) in [6, 6.07) is 15.8. The number of para-hydroxylation sites is 2. The molecule has 0 fully saturated rings. The molecule has 2 aromatic heterocycles. The van der Waals surface area contributed by atoms with E-state index in [4.69, 9.17) is 0 Å². The summed E-state index contributed by atoms with van der Waals surface area (Å²) in [5.74, 6) is 0. The zero-order valence-electron chi connectivity index (χ0n) is 11.2. The third kappa shape index (κ3) is 2.13. The quantitative estimate of drug-likeness (QED) is 0.611. The maximum absolute atomic E-state index is 4.14. The Hall–Kier alpha value is -2.80. The molecule has 2 heterocycles. The second kappa shape index (κ2) is 4.95. The summed E-state index contributed by atoms with van der Waals surface area (Å²) in [7, 11) is 0. The molecule has 0 bridgehead atoms. The van der Waals surface area contributed by atoms with Gasteiger partial charge >= 0.3 is 0 Å². The lowest BCUT2D eigenvalue weighted by molar-refractivity contribution is 0.435. The first-order valence-electron chi connectivity index (χ1n) is 6.69. The Morgan fingerprint density at radius 2 is 1.19 bits per heavy atom. The summed E-state index contributed by atoms with van der Waals surface area (Å²) < 4.78 is 3.66. The van der Waals surface area contributed by atoms with Crippen LogP contribution in [0.2, 0.25) is 0 Å². The van der Waals surface area contributed by atoms with Crippen LogP contribution in [-0.2, 0) is 13.3 Å². The van der Waals surface area contributed by atoms with Gasteiger partial charge in [0.1, 0.15) is 11.0 Å². The van der Waals surface area contributed by atoms with Crippen LogP contribution in [0.25, 0.3) is 22.1 Å². The van der Waals surface area contributed by atoms with Gasteiger partial charge in [-0.3, -0.25) is 5.32 Å². The Kier molecular flexibility index (Phi) is 2.82. The first-order chi connectivity index (χ1) is 10.4. The van der Waals surface area contributed by atoms with E-state index in [2.05, 4.69) is 25.9 Å². The fourth-order valence-electron chi connectivity index (χ4n) is 2.33. The summed E-state index contributed by atoms with van der Waals surface area (Å²) in [4.78, 5) is 0. The Labute approximate surface area is 120 Å². The van der Waals surface area contributed by atoms with Crippen LogP contribution in [0.3, 0.4) is 0 Å². The second-order valence-electron chi connectivity index (χ2n) is 4.72. The van der Waals surface area contributed by atoms with Gasteiger partial charge < -0.3 is 0 Å². The highest BCUT2D eigenvalue weighted by atomic mass is 15.5. The molecule has 2 aromatic carbocycles. The fourth-order valence-corrected chi connectivity index (χ4v) is 2.33. The van der Waals surface area contributed by atoms with Crippen molar-refractivity contribution in [2.24, 2.45) is 0 Å². The van der Waals surface area contributed by atoms with Crippen molar-refractivity contribution in [3.8, 4) is 0 Å². The van der Waals surface area contributed by atoms with Crippen LogP contribution in [0.4, 0.5) is 0 Å². The number of nitrogens with one attached hydrogen (secondary N) is 1. The van der Waals surface area contributed by atoms with Crippen LogP contribution >= 0.6 is 0 Å². The van der Waals surface area contributed by atoms with Crippen molar-refractivity contribution in [1.82, 2.24) is 35.3 Å². The van der Waals surface area contributed by atoms with Crippen molar-refractivity contribution in [3.63, 3.8) is 0 Å². The van der Waals surface area contributed by atoms with Crippen molar-refractivity contribution in [3.05, 3.63) is 48.5 Å². The van der Waals surface area contributed by atoms with Gasteiger partial charge in [0.2, 0.25) is 0 Å². The zero-order chi connectivity index (χ0) is 14.1. The molecule has 0 saturated carbocycles. The second-order valence-corrected chi connectivity index (χ2v) is 4.72. The van der Waals surface area contributed by atoms with E-state index in [1.807, 2.05) is 57.9 Å². The number of fused-ring (bicyclic) bond motifs is 2. The molecular weight excluding hydrogens is 266 g/mol. The van der Waals surface area contributed by atoms with Gasteiger partial charge in [-0.2, -0.15) is 0 Å². The summed E-state index contributed by atoms with van der Waals surface area (Å²) in [5.41, 5.74) is 3.80. The van der Waals surface area contributed by atoms with Gasteiger partial charge in [0, 0.05) is 0 Å². The highest BCUT2D eigenvalue weighted by Gasteiger charge is 2.04. The van der Waals surface area contributed by atoms with E-state index in [0.29, 0.717) is 13.3 Å². The van der Waals surface area contributed by atoms with Gasteiger partial charge in [-0.05, 0) is 24.3 Å². The lowest BCUT2D eigenvalue weighted by Crippen LogP contribution is -2.23. The molecule has 0 radical (unpaired) electrons. The molecule has 0 atom stereocenters. The fraction of sp³-hybridized carbons (Fsp3) is 0.143. The number of hydrogen-bond donors (Lipinski definition) is 1. The van der Waals surface area contributed by atoms with Crippen LogP contribution in [0, 0.1) is 0 Å². The number of rotatable bonds is 4. The number of hydrogen-bond acceptors (Lipinski definition) is 5. The minimum atomic E-state index is 0.564. The summed E-state index contributed by atoms with van der Waals surface area (Å²) >= 11 is 0. The average molecular weight is 279 g/mol. The van der Waals surface area contributed by atoms with Crippen LogP contribution in [-0.4, -0.2) is 30.0 Å². The van der Waals surface area contributed by atoms with Gasteiger partial charge in [-0.1, -0.05) is 34.7 Å². The predicted octanol–water partition coefficient (Wildman–Crippen LogP) is 1.38. The van der Waals surface area contributed by atoms with Gasteiger partial charge in [-0.15, -0.1) is 10.2 Å². The highest BCUT2D eigenvalue weighted by molar-refractivity contribution is 5.74. The molecule has 104 valence electrons. The van der Waals surface area contributed by atoms with Crippen molar-refractivity contribution >= 4 is 22.1 Å². The maximum atomic E-state index is 4.14. The predicted molar refractivity (Wildman–Crippen MR) is 78.2 cm³/mol. The summed E-state index contributed by atoms with van der Waals surface area (Å²) in [5, 5.41) is 19.8. The normalized spacial score (nSPS) is 11.4. The first kappa shape index (κ1) is 12.0. The minimum Gasteiger partial charge on any atom is -0.279 e. The molecule has 21 heavy (non-hydrogen) atoms. The molecule has 0 saturated heterocycles. The molecule has 0 amide bonds. The lowest BCUT2D eigenvalue weighted by atomic mass is 10.3. The van der Waals surface area contributed by atoms with Crippen LogP contribution in [0.5, 0.6) is 0 Å². The molecule has 7 heteroatoms. The van der Waals surface area contributed by atoms with E-state index >= 15 is 0 Å². The Balaban J connectivity index is 1.50. The van der Waals surface area contributed by atoms with E-state index in [1.54, 1.807) is 0 Å². The maximum Gasteiger partial charge on any atom is 0.113 e. The van der Waals surface area contributed by atoms with Crippen LogP contribution in [0.1, 0.15) is 0 Å². The Morgan fingerprint density at radius 3 is 1.71 bits per heavy atom. The summed E-state index contributed by atoms with van der Waals surface area (Å²) in [6.45, 7) is 1.13. The Bertz CT molecular complexity index is 818. The topological polar surface area (TPSA) is 73.5 Å². The molecule has 0 aliphatic rings. The van der Waals surface area contributed by atoms with Gasteiger partial charge in [0.15, 0.2) is 0 Å². The van der Waals surface area contributed by atoms with Crippen molar-refractivity contribution in [1.29, 1.82) is 0 Å². The molecule has 7 nitrogen and oxygen atoms in total. The monoisotopic (exact) mass is 279 g/mol. The van der Waals surface area contributed by atoms with Crippen LogP contribution < -0.4 is 5.32 Å². The molecular formula is C14H13N7. The van der Waals surface area contributed by atoms with Crippen molar-refractivity contribution in [2.75, 3.05) is 0 Å². The van der Waals surface area contributed by atoms with Crippen LogP contribution in [0.15, 0.2) is 48.5 Å². The number of benzene rings is 2. The largest absolute Gasteiger partial charge is 0.279 e. The third-order valence-electron chi connectivity index (χ3n) is 3.36. The molecule has 1 N–H and O–H groups in total. The van der Waals surface area contributed by atoms with Gasteiger partial charge in [0.25, 0.3) is 0 Å². The molecule has 4 rings (SSSR count). The average Bonchev–Trinajstić information content (AvgIpc) is 3.13. The van der Waals surface area contributed by atoms with Gasteiger partial charge in [-0.25, -0.2) is 9.36 Å². The molecule has 4 aromatic rings. The third-order valence-corrected chi connectivity index (χ3v) is 3.36. The number of nitrogens with zero attached hydrogens (tertiary/aromatic N) is 6. The molecule has 0 spiro atoms. The SMILES string of the molecule is c1ccc2c(c1)nnn2CNCn1nnc2ccccc21. The number of aromatic nitrogens is 6. The summed E-state index contributed by atoms with van der Waals surface area (Å²) in [6.07, 6.45) is 0. The molecule has 0 unspecified atom stereocenters.